The van der Waals surface area contributed by atoms with Crippen LogP contribution in [0.15, 0.2) is 24.3 Å². The summed E-state index contributed by atoms with van der Waals surface area (Å²) < 4.78 is 15.1. The van der Waals surface area contributed by atoms with Crippen molar-refractivity contribution in [2.45, 2.75) is 6.92 Å². The Kier molecular flexibility index (Phi) is 5.07. The largest absolute Gasteiger partial charge is 0.497 e. The maximum Gasteiger partial charge on any atom is 0.302 e. The van der Waals surface area contributed by atoms with Crippen LogP contribution < -0.4 is 9.47 Å². The van der Waals surface area contributed by atoms with Gasteiger partial charge in [-0.15, -0.1) is 0 Å². The molecule has 0 saturated carbocycles. The van der Waals surface area contributed by atoms with Crippen LogP contribution in [0.1, 0.15) is 12.5 Å². The van der Waals surface area contributed by atoms with Gasteiger partial charge in [0.1, 0.15) is 18.1 Å². The van der Waals surface area contributed by atoms with Crippen molar-refractivity contribution in [3.63, 3.8) is 0 Å². The van der Waals surface area contributed by atoms with E-state index in [0.717, 1.165) is 17.1 Å². The van der Waals surface area contributed by atoms with E-state index in [1.54, 1.807) is 20.3 Å². The molecule has 0 atom stereocenters. The van der Waals surface area contributed by atoms with E-state index in [0.29, 0.717) is 0 Å². The van der Waals surface area contributed by atoms with Crippen LogP contribution in [0.25, 0.3) is 6.08 Å². The Balaban J connectivity index is 2.76. The molecule has 1 aromatic carbocycles. The van der Waals surface area contributed by atoms with Gasteiger partial charge in [-0.1, -0.05) is 6.08 Å². The minimum atomic E-state index is -0.299. The molecule has 4 heteroatoms. The Morgan fingerprint density at radius 1 is 1.29 bits per heavy atom. The summed E-state index contributed by atoms with van der Waals surface area (Å²) in [7, 11) is 3.21. The van der Waals surface area contributed by atoms with Crippen molar-refractivity contribution >= 4 is 12.0 Å². The lowest BCUT2D eigenvalue weighted by atomic mass is 10.1. The van der Waals surface area contributed by atoms with Crippen molar-refractivity contribution in [3.05, 3.63) is 29.8 Å². The average molecular weight is 236 g/mol. The van der Waals surface area contributed by atoms with E-state index in [1.807, 2.05) is 24.3 Å². The number of methoxy groups -OCH3 is 2. The van der Waals surface area contributed by atoms with Gasteiger partial charge in [0.15, 0.2) is 0 Å². The topological polar surface area (TPSA) is 44.8 Å². The normalized spacial score (nSPS) is 10.3. The van der Waals surface area contributed by atoms with Crippen LogP contribution in [0, 0.1) is 0 Å². The van der Waals surface area contributed by atoms with Gasteiger partial charge in [0.25, 0.3) is 0 Å². The molecule has 0 bridgehead atoms. The van der Waals surface area contributed by atoms with E-state index in [-0.39, 0.29) is 12.6 Å². The first-order valence-corrected chi connectivity index (χ1v) is 5.19. The molecule has 92 valence electrons. The van der Waals surface area contributed by atoms with Gasteiger partial charge in [0, 0.05) is 12.5 Å². The highest BCUT2D eigenvalue weighted by atomic mass is 16.5. The molecule has 0 aliphatic heterocycles. The predicted molar refractivity (Wildman–Crippen MR) is 65.2 cm³/mol. The number of esters is 1. The molecule has 0 aliphatic carbocycles. The molecule has 4 nitrogen and oxygen atoms in total. The summed E-state index contributed by atoms with van der Waals surface area (Å²) in [6.07, 6.45) is 3.57. The number of hydrogen-bond donors (Lipinski definition) is 0. The first-order valence-electron chi connectivity index (χ1n) is 5.19. The molecule has 0 unspecified atom stereocenters. The van der Waals surface area contributed by atoms with Crippen LogP contribution in [0.3, 0.4) is 0 Å². The third-order valence-corrected chi connectivity index (χ3v) is 2.12. The summed E-state index contributed by atoms with van der Waals surface area (Å²) >= 11 is 0. The minimum absolute atomic E-state index is 0.246. The smallest absolute Gasteiger partial charge is 0.302 e. The molecular formula is C13H16O4. The van der Waals surface area contributed by atoms with Crippen LogP contribution in [-0.2, 0) is 9.53 Å². The Bertz CT molecular complexity index is 410. The number of carbonyl (C=O) groups is 1. The molecule has 0 radical (unpaired) electrons. The minimum Gasteiger partial charge on any atom is -0.497 e. The first kappa shape index (κ1) is 13.1. The third kappa shape index (κ3) is 4.18. The van der Waals surface area contributed by atoms with E-state index in [9.17, 15) is 4.79 Å². The second kappa shape index (κ2) is 6.58. The quantitative estimate of drug-likeness (QED) is 0.736. The summed E-state index contributed by atoms with van der Waals surface area (Å²) in [5, 5.41) is 0. The van der Waals surface area contributed by atoms with E-state index < -0.39 is 0 Å². The molecule has 0 spiro atoms. The van der Waals surface area contributed by atoms with E-state index in [1.165, 1.54) is 6.92 Å². The van der Waals surface area contributed by atoms with Gasteiger partial charge in [-0.25, -0.2) is 0 Å². The van der Waals surface area contributed by atoms with Crippen LogP contribution in [0.4, 0.5) is 0 Å². The predicted octanol–water partition coefficient (Wildman–Crippen LogP) is 2.28. The number of ether oxygens (including phenoxy) is 3. The molecule has 0 aromatic heterocycles. The van der Waals surface area contributed by atoms with Crippen molar-refractivity contribution in [1.29, 1.82) is 0 Å². The summed E-state index contributed by atoms with van der Waals surface area (Å²) in [4.78, 5) is 10.6. The monoisotopic (exact) mass is 236 g/mol. The zero-order valence-electron chi connectivity index (χ0n) is 10.2. The second-order valence-corrected chi connectivity index (χ2v) is 3.31. The van der Waals surface area contributed by atoms with Crippen LogP contribution in [-0.4, -0.2) is 26.8 Å². The molecule has 1 aromatic rings. The molecular weight excluding hydrogens is 220 g/mol. The lowest BCUT2D eigenvalue weighted by Crippen LogP contribution is -1.97. The van der Waals surface area contributed by atoms with E-state index in [2.05, 4.69) is 0 Å². The maximum absolute atomic E-state index is 10.6. The zero-order valence-corrected chi connectivity index (χ0v) is 10.2. The fraction of sp³-hybridized carbons (Fsp3) is 0.308. The summed E-state index contributed by atoms with van der Waals surface area (Å²) in [6, 6.07) is 5.50. The summed E-state index contributed by atoms with van der Waals surface area (Å²) in [5.41, 5.74) is 0.874. The highest BCUT2D eigenvalue weighted by molar-refractivity contribution is 5.66. The van der Waals surface area contributed by atoms with Crippen molar-refractivity contribution in [2.75, 3.05) is 20.8 Å². The Labute approximate surface area is 101 Å². The van der Waals surface area contributed by atoms with Gasteiger partial charge < -0.3 is 14.2 Å². The number of benzene rings is 1. The SMILES string of the molecule is COc1ccc(OC)c(/C=C/COC(C)=O)c1. The molecule has 0 fully saturated rings. The average Bonchev–Trinajstić information content (AvgIpc) is 2.34. The van der Waals surface area contributed by atoms with Crippen molar-refractivity contribution in [1.82, 2.24) is 0 Å². The standard InChI is InChI=1S/C13H16O4/c1-10(14)17-8-4-5-11-9-12(15-2)6-7-13(11)16-3/h4-7,9H,8H2,1-3H3/b5-4+. The van der Waals surface area contributed by atoms with Gasteiger partial charge in [0.05, 0.1) is 14.2 Å². The van der Waals surface area contributed by atoms with Gasteiger partial charge >= 0.3 is 5.97 Å². The molecule has 17 heavy (non-hydrogen) atoms. The van der Waals surface area contributed by atoms with Crippen LogP contribution >= 0.6 is 0 Å². The number of carbonyl (C=O) groups excluding carboxylic acids is 1. The highest BCUT2D eigenvalue weighted by Crippen LogP contribution is 2.24. The highest BCUT2D eigenvalue weighted by Gasteiger charge is 2.01. The Morgan fingerprint density at radius 2 is 2.06 bits per heavy atom. The molecule has 0 saturated heterocycles. The van der Waals surface area contributed by atoms with Crippen molar-refractivity contribution in [3.8, 4) is 11.5 Å². The molecule has 0 heterocycles. The van der Waals surface area contributed by atoms with E-state index >= 15 is 0 Å². The third-order valence-electron chi connectivity index (χ3n) is 2.12. The van der Waals surface area contributed by atoms with E-state index in [4.69, 9.17) is 14.2 Å². The first-order chi connectivity index (χ1) is 8.17. The second-order valence-electron chi connectivity index (χ2n) is 3.31. The fourth-order valence-corrected chi connectivity index (χ4v) is 1.31. The maximum atomic E-state index is 10.6. The Morgan fingerprint density at radius 3 is 2.65 bits per heavy atom. The molecule has 0 amide bonds. The van der Waals surface area contributed by atoms with Crippen molar-refractivity contribution in [2.24, 2.45) is 0 Å². The van der Waals surface area contributed by atoms with Gasteiger partial charge in [-0.3, -0.25) is 4.79 Å². The number of hydrogen-bond acceptors (Lipinski definition) is 4. The lowest BCUT2D eigenvalue weighted by Gasteiger charge is -2.07. The van der Waals surface area contributed by atoms with Crippen LogP contribution in [0.5, 0.6) is 11.5 Å². The summed E-state index contributed by atoms with van der Waals surface area (Å²) in [5.74, 6) is 1.19. The zero-order chi connectivity index (χ0) is 12.7. The van der Waals surface area contributed by atoms with Gasteiger partial charge in [-0.05, 0) is 24.3 Å². The van der Waals surface area contributed by atoms with Gasteiger partial charge in [-0.2, -0.15) is 0 Å². The fourth-order valence-electron chi connectivity index (χ4n) is 1.31. The number of rotatable bonds is 5. The Hall–Kier alpha value is -1.97. The van der Waals surface area contributed by atoms with Crippen LogP contribution in [0.2, 0.25) is 0 Å². The van der Waals surface area contributed by atoms with Crippen molar-refractivity contribution < 1.29 is 19.0 Å². The molecule has 1 rings (SSSR count). The summed E-state index contributed by atoms with van der Waals surface area (Å²) in [6.45, 7) is 1.62. The molecule has 0 aliphatic rings. The lowest BCUT2D eigenvalue weighted by molar-refractivity contribution is -0.139. The molecule has 0 N–H and O–H groups in total. The van der Waals surface area contributed by atoms with Gasteiger partial charge in [0.2, 0.25) is 0 Å².